The van der Waals surface area contributed by atoms with Gasteiger partial charge in [0.15, 0.2) is 0 Å². The lowest BCUT2D eigenvalue weighted by Gasteiger charge is -2.11. The summed E-state index contributed by atoms with van der Waals surface area (Å²) in [5, 5.41) is 4.36. The molecule has 2 rings (SSSR count). The van der Waals surface area contributed by atoms with Crippen LogP contribution in [0.15, 0.2) is 18.2 Å². The van der Waals surface area contributed by atoms with Gasteiger partial charge in [-0.15, -0.1) is 11.6 Å². The van der Waals surface area contributed by atoms with E-state index < -0.39 is 0 Å². The van der Waals surface area contributed by atoms with Gasteiger partial charge in [-0.05, 0) is 43.2 Å². The molecule has 0 aliphatic rings. The van der Waals surface area contributed by atoms with Gasteiger partial charge in [0.25, 0.3) is 0 Å². The molecule has 0 aliphatic heterocycles. The Morgan fingerprint density at radius 2 is 1.89 bits per heavy atom. The Morgan fingerprint density at radius 3 is 2.44 bits per heavy atom. The molecule has 0 fully saturated rings. The molecule has 0 aliphatic carbocycles. The number of hydrogen-bond acceptors (Lipinski definition) is 2. The first-order chi connectivity index (χ1) is 8.56. The molecule has 96 valence electrons. The second kappa shape index (κ2) is 5.02. The van der Waals surface area contributed by atoms with Gasteiger partial charge in [0.2, 0.25) is 0 Å². The van der Waals surface area contributed by atoms with Crippen LogP contribution in [-0.4, -0.2) is 16.9 Å². The van der Waals surface area contributed by atoms with E-state index in [1.165, 1.54) is 11.1 Å². The summed E-state index contributed by atoms with van der Waals surface area (Å²) >= 11 is 5.82. The number of aryl methyl sites for hydroxylation is 3. The molecule has 1 aromatic heterocycles. The fraction of sp³-hybridized carbons (Fsp3) is 0.357. The Kier molecular flexibility index (Phi) is 3.62. The van der Waals surface area contributed by atoms with Crippen molar-refractivity contribution in [1.82, 2.24) is 9.78 Å². The smallest absolute Gasteiger partial charge is 0.128 e. The molecule has 2 aromatic rings. The molecule has 3 nitrogen and oxygen atoms in total. The molecule has 1 aromatic carbocycles. The molecule has 4 heteroatoms. The molecular formula is C14H17ClN2O. The van der Waals surface area contributed by atoms with Gasteiger partial charge in [0.05, 0.1) is 24.4 Å². The van der Waals surface area contributed by atoms with Crippen molar-refractivity contribution in [1.29, 1.82) is 0 Å². The molecule has 0 N–H and O–H groups in total. The molecule has 0 saturated carbocycles. The van der Waals surface area contributed by atoms with Crippen molar-refractivity contribution in [2.24, 2.45) is 7.05 Å². The average molecular weight is 265 g/mol. The normalized spacial score (nSPS) is 10.7. The van der Waals surface area contributed by atoms with E-state index in [1.54, 1.807) is 7.11 Å². The van der Waals surface area contributed by atoms with E-state index in [4.69, 9.17) is 16.3 Å². The number of rotatable bonds is 3. The quantitative estimate of drug-likeness (QED) is 0.794. The number of methoxy groups -OCH3 is 1. The Bertz CT molecular complexity index is 575. The minimum absolute atomic E-state index is 0.418. The zero-order chi connectivity index (χ0) is 13.3. The fourth-order valence-corrected chi connectivity index (χ4v) is 2.13. The number of nitrogens with zero attached hydrogens (tertiary/aromatic N) is 2. The topological polar surface area (TPSA) is 27.1 Å². The van der Waals surface area contributed by atoms with Crippen LogP contribution in [0.4, 0.5) is 0 Å². The third-order valence-electron chi connectivity index (χ3n) is 3.16. The van der Waals surface area contributed by atoms with Crippen molar-refractivity contribution in [2.45, 2.75) is 19.7 Å². The Labute approximate surface area is 112 Å². The van der Waals surface area contributed by atoms with Gasteiger partial charge in [-0.1, -0.05) is 0 Å². The van der Waals surface area contributed by atoms with E-state index >= 15 is 0 Å². The third kappa shape index (κ3) is 2.23. The fourth-order valence-electron chi connectivity index (χ4n) is 2.00. The predicted octanol–water partition coefficient (Wildman–Crippen LogP) is 3.45. The summed E-state index contributed by atoms with van der Waals surface area (Å²) in [6.45, 7) is 4.17. The van der Waals surface area contributed by atoms with Crippen LogP contribution >= 0.6 is 11.6 Å². The largest absolute Gasteiger partial charge is 0.496 e. The van der Waals surface area contributed by atoms with E-state index in [0.29, 0.717) is 5.88 Å². The number of alkyl halides is 1. The van der Waals surface area contributed by atoms with Gasteiger partial charge in [0.1, 0.15) is 5.75 Å². The van der Waals surface area contributed by atoms with Crippen LogP contribution in [0.25, 0.3) is 11.3 Å². The summed E-state index contributed by atoms with van der Waals surface area (Å²) < 4.78 is 7.30. The van der Waals surface area contributed by atoms with Gasteiger partial charge < -0.3 is 4.74 Å². The maximum atomic E-state index is 5.82. The molecule has 1 heterocycles. The zero-order valence-electron chi connectivity index (χ0n) is 11.1. The van der Waals surface area contributed by atoms with Crippen molar-refractivity contribution < 1.29 is 4.74 Å². The first-order valence-electron chi connectivity index (χ1n) is 5.81. The minimum atomic E-state index is 0.418. The van der Waals surface area contributed by atoms with Gasteiger partial charge >= 0.3 is 0 Å². The van der Waals surface area contributed by atoms with Crippen molar-refractivity contribution in [3.8, 4) is 17.0 Å². The van der Waals surface area contributed by atoms with Gasteiger partial charge in [-0.2, -0.15) is 5.10 Å². The Hall–Kier alpha value is -1.48. The SMILES string of the molecule is COc1cc(C)c(C)cc1-c1cc(CCl)nn1C. The highest BCUT2D eigenvalue weighted by atomic mass is 35.5. The zero-order valence-corrected chi connectivity index (χ0v) is 11.9. The van der Waals surface area contributed by atoms with Crippen LogP contribution in [0.3, 0.4) is 0 Å². The first-order valence-corrected chi connectivity index (χ1v) is 6.34. The Balaban J connectivity index is 2.61. The number of hydrogen-bond donors (Lipinski definition) is 0. The molecule has 0 amide bonds. The monoisotopic (exact) mass is 264 g/mol. The minimum Gasteiger partial charge on any atom is -0.496 e. The highest BCUT2D eigenvalue weighted by Gasteiger charge is 2.13. The molecule has 0 atom stereocenters. The maximum absolute atomic E-state index is 5.82. The molecular weight excluding hydrogens is 248 g/mol. The van der Waals surface area contributed by atoms with Gasteiger partial charge in [-0.3, -0.25) is 4.68 Å². The summed E-state index contributed by atoms with van der Waals surface area (Å²) in [6, 6.07) is 6.18. The highest BCUT2D eigenvalue weighted by Crippen LogP contribution is 2.32. The molecule has 0 radical (unpaired) electrons. The molecule has 18 heavy (non-hydrogen) atoms. The second-order valence-electron chi connectivity index (χ2n) is 4.41. The van der Waals surface area contributed by atoms with Crippen molar-refractivity contribution in [3.63, 3.8) is 0 Å². The van der Waals surface area contributed by atoms with Crippen LogP contribution in [0.5, 0.6) is 5.75 Å². The van der Waals surface area contributed by atoms with E-state index in [2.05, 4.69) is 31.1 Å². The van der Waals surface area contributed by atoms with Crippen LogP contribution in [0.1, 0.15) is 16.8 Å². The lowest BCUT2D eigenvalue weighted by molar-refractivity contribution is 0.415. The summed E-state index contributed by atoms with van der Waals surface area (Å²) in [7, 11) is 3.60. The number of aromatic nitrogens is 2. The van der Waals surface area contributed by atoms with Crippen LogP contribution < -0.4 is 4.74 Å². The second-order valence-corrected chi connectivity index (χ2v) is 4.68. The third-order valence-corrected chi connectivity index (χ3v) is 3.43. The highest BCUT2D eigenvalue weighted by molar-refractivity contribution is 6.16. The van der Waals surface area contributed by atoms with E-state index in [0.717, 1.165) is 22.7 Å². The maximum Gasteiger partial charge on any atom is 0.128 e. The molecule has 0 saturated heterocycles. The summed E-state index contributed by atoms with van der Waals surface area (Å²) in [4.78, 5) is 0. The average Bonchev–Trinajstić information content (AvgIpc) is 2.73. The van der Waals surface area contributed by atoms with Crippen LogP contribution in [0.2, 0.25) is 0 Å². The number of halogens is 1. The number of ether oxygens (including phenoxy) is 1. The van der Waals surface area contributed by atoms with Gasteiger partial charge in [-0.25, -0.2) is 0 Å². The van der Waals surface area contributed by atoms with Crippen molar-refractivity contribution in [3.05, 3.63) is 35.0 Å². The number of benzene rings is 1. The summed E-state index contributed by atoms with van der Waals surface area (Å²) in [5.74, 6) is 1.28. The predicted molar refractivity (Wildman–Crippen MR) is 74.2 cm³/mol. The van der Waals surface area contributed by atoms with E-state index in [9.17, 15) is 0 Å². The van der Waals surface area contributed by atoms with Crippen LogP contribution in [-0.2, 0) is 12.9 Å². The first kappa shape index (κ1) is 13.0. The van der Waals surface area contributed by atoms with E-state index in [1.807, 2.05) is 17.8 Å². The Morgan fingerprint density at radius 1 is 1.22 bits per heavy atom. The standard InChI is InChI=1S/C14H17ClN2O/c1-9-5-12(14(18-4)6-10(9)2)13-7-11(8-15)16-17(13)3/h5-7H,8H2,1-4H3. The van der Waals surface area contributed by atoms with Crippen LogP contribution in [0, 0.1) is 13.8 Å². The molecule has 0 unspecified atom stereocenters. The summed E-state index contributed by atoms with van der Waals surface area (Å²) in [6.07, 6.45) is 0. The van der Waals surface area contributed by atoms with Crippen molar-refractivity contribution in [2.75, 3.05) is 7.11 Å². The van der Waals surface area contributed by atoms with Gasteiger partial charge in [0, 0.05) is 12.6 Å². The summed E-state index contributed by atoms with van der Waals surface area (Å²) in [5.41, 5.74) is 5.39. The molecule has 0 bridgehead atoms. The van der Waals surface area contributed by atoms with Crippen molar-refractivity contribution >= 4 is 11.6 Å². The lowest BCUT2D eigenvalue weighted by atomic mass is 10.0. The van der Waals surface area contributed by atoms with E-state index in [-0.39, 0.29) is 0 Å². The lowest BCUT2D eigenvalue weighted by Crippen LogP contribution is -1.97. The molecule has 0 spiro atoms.